The summed E-state index contributed by atoms with van der Waals surface area (Å²) in [4.78, 5) is 0. The Hall–Kier alpha value is -6.72. The van der Waals surface area contributed by atoms with Crippen molar-refractivity contribution < 1.29 is 17.6 Å². The number of aryl methyl sites for hydroxylation is 5. The van der Waals surface area contributed by atoms with Crippen molar-refractivity contribution >= 4 is 0 Å². The normalized spacial score (nSPS) is 9.81. The van der Waals surface area contributed by atoms with E-state index in [1.165, 1.54) is 47.9 Å². The lowest BCUT2D eigenvalue weighted by Gasteiger charge is -2.00. The quantitative estimate of drug-likeness (QED) is 0.109. The molecule has 0 fully saturated rings. The van der Waals surface area contributed by atoms with Crippen LogP contribution in [0.15, 0.2) is 109 Å². The van der Waals surface area contributed by atoms with E-state index in [0.29, 0.717) is 11.1 Å². The zero-order valence-corrected chi connectivity index (χ0v) is 30.9. The van der Waals surface area contributed by atoms with E-state index in [2.05, 4.69) is 73.3 Å². The van der Waals surface area contributed by atoms with Crippen LogP contribution in [0, 0.1) is 112 Å². The Balaban J connectivity index is 0.000000208. The molecule has 54 heavy (non-hydrogen) atoms. The molecular formula is C50H36F4. The fraction of sp³-hybridized carbons (Fsp3) is 0.120. The number of hydrogen-bond acceptors (Lipinski definition) is 0. The van der Waals surface area contributed by atoms with Gasteiger partial charge in [0.25, 0.3) is 0 Å². The molecule has 0 atom stereocenters. The Kier molecular flexibility index (Phi) is 12.6. The zero-order valence-electron chi connectivity index (χ0n) is 30.9. The van der Waals surface area contributed by atoms with Crippen molar-refractivity contribution in [3.8, 4) is 47.4 Å². The van der Waals surface area contributed by atoms with Gasteiger partial charge in [0.1, 0.15) is 23.3 Å². The minimum Gasteiger partial charge on any atom is -0.207 e. The van der Waals surface area contributed by atoms with Gasteiger partial charge >= 0.3 is 0 Å². The monoisotopic (exact) mass is 712 g/mol. The summed E-state index contributed by atoms with van der Waals surface area (Å²) >= 11 is 0. The van der Waals surface area contributed by atoms with Crippen molar-refractivity contribution in [1.29, 1.82) is 0 Å². The van der Waals surface area contributed by atoms with Gasteiger partial charge in [0.2, 0.25) is 0 Å². The number of hydrogen-bond donors (Lipinski definition) is 0. The summed E-state index contributed by atoms with van der Waals surface area (Å²) in [6.45, 7) is 11.5. The first-order valence-electron chi connectivity index (χ1n) is 17.2. The molecule has 4 heteroatoms. The van der Waals surface area contributed by atoms with Gasteiger partial charge in [-0.05, 0) is 149 Å². The molecule has 0 heterocycles. The van der Waals surface area contributed by atoms with Gasteiger partial charge in [-0.15, -0.1) is 0 Å². The maximum atomic E-state index is 14.3. The van der Waals surface area contributed by atoms with E-state index in [1.54, 1.807) is 0 Å². The summed E-state index contributed by atoms with van der Waals surface area (Å²) in [7, 11) is 0. The molecule has 6 aromatic rings. The van der Waals surface area contributed by atoms with E-state index in [1.807, 2.05) is 93.6 Å². The van der Waals surface area contributed by atoms with E-state index >= 15 is 0 Å². The lowest BCUT2D eigenvalue weighted by Crippen LogP contribution is -1.92. The second-order valence-corrected chi connectivity index (χ2v) is 12.9. The molecular weight excluding hydrogens is 677 g/mol. The largest absolute Gasteiger partial charge is 0.207 e. The SMILES string of the molecule is Cc1ccc(C#Cc2c(F)cc(C#Cc3ccc(C)c(C)c3)cc2F)cc1.Cc1ccc(C#Cc2ccc(C#Cc3cc(F)c(C)c(F)c3)cc2)cc1C. The van der Waals surface area contributed by atoms with Gasteiger partial charge < -0.3 is 0 Å². The first-order chi connectivity index (χ1) is 25.8. The van der Waals surface area contributed by atoms with Gasteiger partial charge in [0.15, 0.2) is 0 Å². The minimum atomic E-state index is -0.709. The van der Waals surface area contributed by atoms with Crippen LogP contribution >= 0.6 is 0 Å². The van der Waals surface area contributed by atoms with Crippen LogP contribution in [-0.4, -0.2) is 0 Å². The molecule has 0 radical (unpaired) electrons. The molecule has 264 valence electrons. The molecule has 0 aliphatic rings. The summed E-state index contributed by atoms with van der Waals surface area (Å²) in [6, 6.07) is 31.8. The van der Waals surface area contributed by atoms with Crippen LogP contribution in [-0.2, 0) is 0 Å². The van der Waals surface area contributed by atoms with Gasteiger partial charge in [-0.3, -0.25) is 0 Å². The molecule has 0 unspecified atom stereocenters. The Morgan fingerprint density at radius 2 is 0.611 bits per heavy atom. The molecule has 0 aromatic heterocycles. The summed E-state index contributed by atoms with van der Waals surface area (Å²) in [5, 5.41) is 0. The number of halogens is 4. The van der Waals surface area contributed by atoms with Crippen LogP contribution in [0.25, 0.3) is 0 Å². The topological polar surface area (TPSA) is 0 Å². The summed E-state index contributed by atoms with van der Waals surface area (Å²) in [5.41, 5.74) is 10.4. The standard InChI is InChI=1S/2C25H18F2/c1-17-4-7-20(8-5-17)12-13-23-24(26)15-22(16-25(23)27)11-10-21-9-6-18(2)19(3)14-21;1-17-4-5-22(14-18(17)2)12-10-20-6-8-21(9-7-20)11-13-23-15-24(26)19(3)25(27)16-23/h2*4-9,14-16H,1-3H3. The minimum absolute atomic E-state index is 0.00671. The molecule has 6 rings (SSSR count). The molecule has 0 aliphatic heterocycles. The van der Waals surface area contributed by atoms with Crippen LogP contribution in [0.5, 0.6) is 0 Å². The average Bonchev–Trinajstić information content (AvgIpc) is 3.15. The highest BCUT2D eigenvalue weighted by molar-refractivity contribution is 5.51. The molecule has 0 nitrogen and oxygen atoms in total. The van der Waals surface area contributed by atoms with Gasteiger partial charge in [-0.25, -0.2) is 17.6 Å². The third-order valence-electron chi connectivity index (χ3n) is 8.66. The van der Waals surface area contributed by atoms with Crippen LogP contribution in [0.1, 0.15) is 77.9 Å². The molecule has 0 spiro atoms. The Bertz CT molecular complexity index is 2550. The Morgan fingerprint density at radius 3 is 1.02 bits per heavy atom. The van der Waals surface area contributed by atoms with Crippen molar-refractivity contribution in [2.75, 3.05) is 0 Å². The van der Waals surface area contributed by atoms with Crippen molar-refractivity contribution in [1.82, 2.24) is 0 Å². The van der Waals surface area contributed by atoms with Gasteiger partial charge in [0, 0.05) is 44.5 Å². The maximum Gasteiger partial charge on any atom is 0.143 e. The van der Waals surface area contributed by atoms with Crippen LogP contribution < -0.4 is 0 Å². The lowest BCUT2D eigenvalue weighted by molar-refractivity contribution is 0.567. The summed E-state index contributed by atoms with van der Waals surface area (Å²) in [6.07, 6.45) is 0. The third kappa shape index (κ3) is 10.7. The zero-order chi connectivity index (χ0) is 38.8. The predicted octanol–water partition coefficient (Wildman–Crippen LogP) is 11.4. The number of rotatable bonds is 0. The van der Waals surface area contributed by atoms with Crippen molar-refractivity contribution in [3.05, 3.63) is 210 Å². The third-order valence-corrected chi connectivity index (χ3v) is 8.66. The lowest BCUT2D eigenvalue weighted by atomic mass is 10.1. The van der Waals surface area contributed by atoms with Crippen molar-refractivity contribution in [3.63, 3.8) is 0 Å². The van der Waals surface area contributed by atoms with E-state index in [0.717, 1.165) is 33.4 Å². The van der Waals surface area contributed by atoms with E-state index < -0.39 is 23.3 Å². The summed E-state index contributed by atoms with van der Waals surface area (Å²) in [5.74, 6) is 20.5. The second-order valence-electron chi connectivity index (χ2n) is 12.9. The maximum absolute atomic E-state index is 14.3. The smallest absolute Gasteiger partial charge is 0.143 e. The van der Waals surface area contributed by atoms with E-state index in [9.17, 15) is 17.6 Å². The highest BCUT2D eigenvalue weighted by Gasteiger charge is 2.09. The number of benzene rings is 6. The molecule has 0 bridgehead atoms. The molecule has 0 saturated heterocycles. The van der Waals surface area contributed by atoms with Crippen molar-refractivity contribution in [2.24, 2.45) is 0 Å². The Morgan fingerprint density at radius 1 is 0.296 bits per heavy atom. The van der Waals surface area contributed by atoms with Gasteiger partial charge in [0.05, 0.1) is 5.56 Å². The van der Waals surface area contributed by atoms with Gasteiger partial charge in [-0.1, -0.05) is 77.2 Å². The highest BCUT2D eigenvalue weighted by Crippen LogP contribution is 2.16. The molecule has 6 aromatic carbocycles. The second kappa shape index (κ2) is 17.7. The van der Waals surface area contributed by atoms with Crippen LogP contribution in [0.2, 0.25) is 0 Å². The fourth-order valence-corrected chi connectivity index (χ4v) is 4.96. The first kappa shape index (κ1) is 38.5. The predicted molar refractivity (Wildman–Crippen MR) is 211 cm³/mol. The molecule has 0 N–H and O–H groups in total. The molecule has 0 saturated carbocycles. The van der Waals surface area contributed by atoms with Crippen LogP contribution in [0.4, 0.5) is 17.6 Å². The fourth-order valence-electron chi connectivity index (χ4n) is 4.96. The van der Waals surface area contributed by atoms with Crippen LogP contribution in [0.3, 0.4) is 0 Å². The average molecular weight is 713 g/mol. The first-order valence-corrected chi connectivity index (χ1v) is 17.2. The van der Waals surface area contributed by atoms with Gasteiger partial charge in [-0.2, -0.15) is 0 Å². The Labute approximate surface area is 315 Å². The van der Waals surface area contributed by atoms with Crippen molar-refractivity contribution in [2.45, 2.75) is 41.5 Å². The molecule has 0 aliphatic carbocycles. The van der Waals surface area contributed by atoms with E-state index in [-0.39, 0.29) is 16.7 Å². The highest BCUT2D eigenvalue weighted by atomic mass is 19.1. The van der Waals surface area contributed by atoms with E-state index in [4.69, 9.17) is 0 Å². The summed E-state index contributed by atoms with van der Waals surface area (Å²) < 4.78 is 55.8. The molecule has 0 amide bonds.